The summed E-state index contributed by atoms with van der Waals surface area (Å²) in [6.07, 6.45) is 4.22. The standard InChI is InChI=1S/C15H26N2.2C2H6/c1-12-7-8-13(10-17-12)9-14(2,3)11-15(4,5)16-6;2*1-2/h7-8,10,16H,9,11H2,1-6H3;2*1-2H3. The van der Waals surface area contributed by atoms with Gasteiger partial charge in [-0.05, 0) is 57.7 Å². The van der Waals surface area contributed by atoms with Crippen molar-refractivity contribution in [3.63, 3.8) is 0 Å². The average Bonchev–Trinajstić information content (AvgIpc) is 2.44. The number of nitrogens with zero attached hydrogens (tertiary/aromatic N) is 1. The van der Waals surface area contributed by atoms with E-state index in [-0.39, 0.29) is 11.0 Å². The summed E-state index contributed by atoms with van der Waals surface area (Å²) in [6.45, 7) is 19.2. The van der Waals surface area contributed by atoms with Crippen LogP contribution in [0.25, 0.3) is 0 Å². The average molecular weight is 295 g/mol. The molecule has 124 valence electrons. The van der Waals surface area contributed by atoms with E-state index in [9.17, 15) is 0 Å². The fourth-order valence-corrected chi connectivity index (χ4v) is 2.50. The molecule has 1 aromatic heterocycles. The molecular weight excluding hydrogens is 256 g/mol. The molecule has 1 N–H and O–H groups in total. The molecule has 0 unspecified atom stereocenters. The fraction of sp³-hybridized carbons (Fsp3) is 0.737. The number of hydrogen-bond donors (Lipinski definition) is 1. The molecule has 0 spiro atoms. The van der Waals surface area contributed by atoms with Gasteiger partial charge in [0.25, 0.3) is 0 Å². The molecule has 0 radical (unpaired) electrons. The third-order valence-electron chi connectivity index (χ3n) is 3.25. The van der Waals surface area contributed by atoms with E-state index in [0.29, 0.717) is 0 Å². The lowest BCUT2D eigenvalue weighted by atomic mass is 9.76. The van der Waals surface area contributed by atoms with E-state index in [0.717, 1.165) is 18.5 Å². The lowest BCUT2D eigenvalue weighted by Crippen LogP contribution is -2.41. The van der Waals surface area contributed by atoms with E-state index >= 15 is 0 Å². The van der Waals surface area contributed by atoms with Gasteiger partial charge in [-0.1, -0.05) is 47.6 Å². The largest absolute Gasteiger partial charge is 0.315 e. The van der Waals surface area contributed by atoms with Gasteiger partial charge in [0.05, 0.1) is 0 Å². The fourth-order valence-electron chi connectivity index (χ4n) is 2.50. The Morgan fingerprint density at radius 3 is 1.90 bits per heavy atom. The molecule has 0 aromatic carbocycles. The lowest BCUT2D eigenvalue weighted by Gasteiger charge is -2.35. The summed E-state index contributed by atoms with van der Waals surface area (Å²) in [6, 6.07) is 4.28. The van der Waals surface area contributed by atoms with Crippen LogP contribution in [0, 0.1) is 12.3 Å². The highest BCUT2D eigenvalue weighted by Gasteiger charge is 2.27. The zero-order valence-corrected chi connectivity index (χ0v) is 16.1. The zero-order valence-electron chi connectivity index (χ0n) is 16.1. The highest BCUT2D eigenvalue weighted by atomic mass is 14.9. The van der Waals surface area contributed by atoms with Crippen LogP contribution in [0.15, 0.2) is 18.3 Å². The minimum atomic E-state index is 0.182. The predicted octanol–water partition coefficient (Wildman–Crippen LogP) is 5.40. The molecule has 0 aliphatic carbocycles. The third kappa shape index (κ3) is 10.5. The Bertz CT molecular complexity index is 350. The molecule has 1 heterocycles. The van der Waals surface area contributed by atoms with Gasteiger partial charge >= 0.3 is 0 Å². The molecule has 2 heteroatoms. The van der Waals surface area contributed by atoms with Crippen LogP contribution in [0.3, 0.4) is 0 Å². The first-order valence-electron chi connectivity index (χ1n) is 8.35. The lowest BCUT2D eigenvalue weighted by molar-refractivity contribution is 0.230. The Balaban J connectivity index is 0. The van der Waals surface area contributed by atoms with Crippen molar-refractivity contribution in [2.75, 3.05) is 7.05 Å². The zero-order chi connectivity index (χ0) is 17.1. The summed E-state index contributed by atoms with van der Waals surface area (Å²) in [5, 5.41) is 3.38. The molecule has 21 heavy (non-hydrogen) atoms. The van der Waals surface area contributed by atoms with E-state index in [2.05, 4.69) is 50.1 Å². The summed E-state index contributed by atoms with van der Waals surface area (Å²) >= 11 is 0. The molecule has 0 amide bonds. The highest BCUT2D eigenvalue weighted by Crippen LogP contribution is 2.31. The molecule has 1 rings (SSSR count). The van der Waals surface area contributed by atoms with Crippen molar-refractivity contribution < 1.29 is 0 Å². The predicted molar refractivity (Wildman–Crippen MR) is 96.9 cm³/mol. The van der Waals surface area contributed by atoms with Crippen LogP contribution in [0.5, 0.6) is 0 Å². The minimum Gasteiger partial charge on any atom is -0.315 e. The summed E-state index contributed by atoms with van der Waals surface area (Å²) in [4.78, 5) is 4.36. The molecule has 2 nitrogen and oxygen atoms in total. The van der Waals surface area contributed by atoms with E-state index in [4.69, 9.17) is 0 Å². The second kappa shape index (κ2) is 10.8. The molecule has 0 aliphatic heterocycles. The molecule has 0 fully saturated rings. The van der Waals surface area contributed by atoms with Gasteiger partial charge in [-0.25, -0.2) is 0 Å². The minimum absolute atomic E-state index is 0.182. The van der Waals surface area contributed by atoms with Gasteiger partial charge in [-0.2, -0.15) is 0 Å². The highest BCUT2D eigenvalue weighted by molar-refractivity contribution is 5.14. The maximum atomic E-state index is 4.36. The van der Waals surface area contributed by atoms with Gasteiger partial charge in [0.15, 0.2) is 0 Å². The van der Waals surface area contributed by atoms with Crippen molar-refractivity contribution in [2.45, 2.75) is 80.7 Å². The topological polar surface area (TPSA) is 24.9 Å². The summed E-state index contributed by atoms with van der Waals surface area (Å²) < 4.78 is 0. The number of nitrogens with one attached hydrogen (secondary N) is 1. The van der Waals surface area contributed by atoms with Crippen molar-refractivity contribution in [2.24, 2.45) is 5.41 Å². The number of hydrogen-bond acceptors (Lipinski definition) is 2. The van der Waals surface area contributed by atoms with Crippen molar-refractivity contribution in [1.29, 1.82) is 0 Å². The Kier molecular flexibility index (Phi) is 11.5. The van der Waals surface area contributed by atoms with Crippen molar-refractivity contribution in [3.8, 4) is 0 Å². The Labute approximate surface area is 133 Å². The Morgan fingerprint density at radius 1 is 1.00 bits per heavy atom. The van der Waals surface area contributed by atoms with Gasteiger partial charge in [0, 0.05) is 17.4 Å². The first kappa shape index (κ1) is 22.4. The van der Waals surface area contributed by atoms with Gasteiger partial charge in [0.2, 0.25) is 0 Å². The van der Waals surface area contributed by atoms with Crippen LogP contribution in [0.1, 0.15) is 73.1 Å². The maximum absolute atomic E-state index is 4.36. The van der Waals surface area contributed by atoms with Crippen molar-refractivity contribution in [3.05, 3.63) is 29.6 Å². The first-order chi connectivity index (χ1) is 9.74. The molecular formula is C19H38N2. The number of aryl methyl sites for hydroxylation is 1. The van der Waals surface area contributed by atoms with Crippen LogP contribution in [0.4, 0.5) is 0 Å². The third-order valence-corrected chi connectivity index (χ3v) is 3.25. The van der Waals surface area contributed by atoms with Crippen LogP contribution < -0.4 is 5.32 Å². The quantitative estimate of drug-likeness (QED) is 0.786. The summed E-state index contributed by atoms with van der Waals surface area (Å²) in [5.74, 6) is 0. The van der Waals surface area contributed by atoms with E-state index in [1.54, 1.807) is 0 Å². The maximum Gasteiger partial charge on any atom is 0.0372 e. The van der Waals surface area contributed by atoms with Gasteiger partial charge in [-0.3, -0.25) is 4.98 Å². The molecule has 0 saturated heterocycles. The molecule has 1 aromatic rings. The molecule has 0 aliphatic rings. The van der Waals surface area contributed by atoms with Gasteiger partial charge < -0.3 is 5.32 Å². The number of pyridine rings is 1. The van der Waals surface area contributed by atoms with Crippen LogP contribution in [-0.2, 0) is 6.42 Å². The van der Waals surface area contributed by atoms with E-state index < -0.39 is 0 Å². The van der Waals surface area contributed by atoms with E-state index in [1.165, 1.54) is 5.56 Å². The smallest absolute Gasteiger partial charge is 0.0372 e. The number of aromatic nitrogens is 1. The van der Waals surface area contributed by atoms with Gasteiger partial charge in [0.1, 0.15) is 0 Å². The van der Waals surface area contributed by atoms with Crippen molar-refractivity contribution >= 4 is 0 Å². The second-order valence-electron chi connectivity index (χ2n) is 6.46. The number of rotatable bonds is 5. The Morgan fingerprint density at radius 2 is 1.52 bits per heavy atom. The van der Waals surface area contributed by atoms with Crippen LogP contribution in [-0.4, -0.2) is 17.6 Å². The molecule has 0 atom stereocenters. The Hall–Kier alpha value is -0.890. The van der Waals surface area contributed by atoms with Crippen LogP contribution >= 0.6 is 0 Å². The SMILES string of the molecule is CC.CC.CNC(C)(C)CC(C)(C)Cc1ccc(C)nc1. The van der Waals surface area contributed by atoms with Gasteiger partial charge in [-0.15, -0.1) is 0 Å². The summed E-state index contributed by atoms with van der Waals surface area (Å²) in [5.41, 5.74) is 2.88. The monoisotopic (exact) mass is 294 g/mol. The second-order valence-corrected chi connectivity index (χ2v) is 6.46. The first-order valence-corrected chi connectivity index (χ1v) is 8.35. The molecule has 0 bridgehead atoms. The van der Waals surface area contributed by atoms with Crippen molar-refractivity contribution in [1.82, 2.24) is 10.3 Å². The summed E-state index contributed by atoms with van der Waals surface area (Å²) in [7, 11) is 2.03. The van der Waals surface area contributed by atoms with E-state index in [1.807, 2.05) is 47.9 Å². The molecule has 0 saturated carbocycles. The van der Waals surface area contributed by atoms with Crippen LogP contribution in [0.2, 0.25) is 0 Å². The normalized spacial score (nSPS) is 11.0.